The second-order valence-corrected chi connectivity index (χ2v) is 9.68. The number of hydrogen-bond acceptors (Lipinski definition) is 4. The Morgan fingerprint density at radius 3 is 2.49 bits per heavy atom. The number of likely N-dealkylation sites (tertiary alicyclic amines) is 1. The Bertz CT molecular complexity index is 1510. The van der Waals surface area contributed by atoms with Crippen molar-refractivity contribution in [3.8, 4) is 28.1 Å². The van der Waals surface area contributed by atoms with Gasteiger partial charge in [-0.3, -0.25) is 9.38 Å². The van der Waals surface area contributed by atoms with Gasteiger partial charge >= 0.3 is 0 Å². The summed E-state index contributed by atoms with van der Waals surface area (Å²) in [4.78, 5) is 11.9. The second kappa shape index (κ2) is 8.82. The van der Waals surface area contributed by atoms with Crippen LogP contribution in [0.1, 0.15) is 30.0 Å². The molecule has 0 N–H and O–H groups in total. The van der Waals surface area contributed by atoms with Crippen LogP contribution in [0.25, 0.3) is 38.9 Å². The number of piperidine rings is 1. The summed E-state index contributed by atoms with van der Waals surface area (Å²) < 4.78 is 7.63. The highest BCUT2D eigenvalue weighted by Crippen LogP contribution is 2.33. The van der Waals surface area contributed by atoms with E-state index in [9.17, 15) is 0 Å². The van der Waals surface area contributed by atoms with E-state index in [2.05, 4.69) is 71.1 Å². The third kappa shape index (κ3) is 4.06. The molecule has 3 aromatic heterocycles. The van der Waals surface area contributed by atoms with Gasteiger partial charge in [0.15, 0.2) is 0 Å². The summed E-state index contributed by atoms with van der Waals surface area (Å²) in [5.74, 6) is 1.50. The third-order valence-electron chi connectivity index (χ3n) is 7.37. The molecular weight excluding hydrogens is 432 g/mol. The highest BCUT2D eigenvalue weighted by molar-refractivity contribution is 5.95. The van der Waals surface area contributed by atoms with E-state index >= 15 is 0 Å². The lowest BCUT2D eigenvalue weighted by atomic mass is 9.89. The van der Waals surface area contributed by atoms with E-state index in [0.29, 0.717) is 5.92 Å². The van der Waals surface area contributed by atoms with Gasteiger partial charge in [0.2, 0.25) is 0 Å². The van der Waals surface area contributed by atoms with Crippen LogP contribution in [0.4, 0.5) is 0 Å². The minimum atomic E-state index is 0.676. The Morgan fingerprint density at radius 2 is 1.71 bits per heavy atom. The zero-order valence-corrected chi connectivity index (χ0v) is 20.5. The zero-order valence-electron chi connectivity index (χ0n) is 20.5. The molecule has 0 amide bonds. The number of aryl methyl sites for hydroxylation is 1. The van der Waals surface area contributed by atoms with Crippen LogP contribution in [-0.4, -0.2) is 46.5 Å². The van der Waals surface area contributed by atoms with Gasteiger partial charge < -0.3 is 9.64 Å². The molecule has 5 heteroatoms. The number of fused-ring (bicyclic) bond motifs is 2. The number of ether oxygens (including phenoxy) is 1. The monoisotopic (exact) mass is 462 g/mol. The van der Waals surface area contributed by atoms with Crippen LogP contribution in [-0.2, 0) is 0 Å². The van der Waals surface area contributed by atoms with Crippen LogP contribution in [0, 0.1) is 6.92 Å². The number of pyridine rings is 2. The lowest BCUT2D eigenvalue weighted by Gasteiger charge is -2.29. The van der Waals surface area contributed by atoms with Crippen LogP contribution in [0.3, 0.4) is 0 Å². The van der Waals surface area contributed by atoms with Crippen molar-refractivity contribution >= 4 is 16.6 Å². The van der Waals surface area contributed by atoms with Crippen molar-refractivity contribution in [3.63, 3.8) is 0 Å². The predicted octanol–water partition coefficient (Wildman–Crippen LogP) is 6.34. The van der Waals surface area contributed by atoms with E-state index in [-0.39, 0.29) is 0 Å². The average molecular weight is 463 g/mol. The fraction of sp³-hybridized carbons (Fsp3) is 0.267. The van der Waals surface area contributed by atoms with Gasteiger partial charge in [0.05, 0.1) is 24.5 Å². The van der Waals surface area contributed by atoms with Gasteiger partial charge in [-0.1, -0.05) is 24.3 Å². The molecule has 1 saturated heterocycles. The molecule has 0 aliphatic carbocycles. The minimum Gasteiger partial charge on any atom is -0.497 e. The summed E-state index contributed by atoms with van der Waals surface area (Å²) in [5.41, 5.74) is 8.89. The number of benzene rings is 2. The topological polar surface area (TPSA) is 42.7 Å². The Kier molecular flexibility index (Phi) is 5.50. The molecule has 0 bridgehead atoms. The fourth-order valence-corrected chi connectivity index (χ4v) is 5.33. The third-order valence-corrected chi connectivity index (χ3v) is 7.37. The molecule has 1 aliphatic heterocycles. The van der Waals surface area contributed by atoms with Crippen LogP contribution >= 0.6 is 0 Å². The summed E-state index contributed by atoms with van der Waals surface area (Å²) in [7, 11) is 3.91. The van der Waals surface area contributed by atoms with E-state index in [0.717, 1.165) is 39.3 Å². The molecule has 176 valence electrons. The first-order chi connectivity index (χ1) is 17.1. The fourth-order valence-electron chi connectivity index (χ4n) is 5.33. The molecule has 1 aliphatic rings. The normalized spacial score (nSPS) is 15.2. The molecular formula is C30H30N4O. The number of imidazole rings is 1. The number of aromatic nitrogens is 3. The molecule has 0 radical (unpaired) electrons. The minimum absolute atomic E-state index is 0.676. The first-order valence-corrected chi connectivity index (χ1v) is 12.3. The van der Waals surface area contributed by atoms with E-state index in [1.807, 2.05) is 25.3 Å². The molecule has 6 rings (SSSR count). The lowest BCUT2D eigenvalue weighted by Crippen LogP contribution is -2.29. The molecule has 5 nitrogen and oxygen atoms in total. The Labute approximate surface area is 206 Å². The smallest absolute Gasteiger partial charge is 0.137 e. The maximum absolute atomic E-state index is 5.48. The summed E-state index contributed by atoms with van der Waals surface area (Å²) in [6.45, 7) is 4.40. The number of nitrogens with zero attached hydrogens (tertiary/aromatic N) is 4. The van der Waals surface area contributed by atoms with Crippen LogP contribution in [0.5, 0.6) is 5.75 Å². The molecule has 0 spiro atoms. The highest BCUT2D eigenvalue weighted by Gasteiger charge is 2.18. The summed E-state index contributed by atoms with van der Waals surface area (Å²) in [6, 6.07) is 21.6. The van der Waals surface area contributed by atoms with E-state index in [1.54, 1.807) is 7.11 Å². The van der Waals surface area contributed by atoms with E-state index in [1.165, 1.54) is 42.6 Å². The van der Waals surface area contributed by atoms with Gasteiger partial charge in [0.1, 0.15) is 11.4 Å². The van der Waals surface area contributed by atoms with Crippen molar-refractivity contribution < 1.29 is 4.74 Å². The molecule has 0 atom stereocenters. The average Bonchev–Trinajstić information content (AvgIpc) is 3.31. The molecule has 0 unspecified atom stereocenters. The molecule has 1 fully saturated rings. The largest absolute Gasteiger partial charge is 0.497 e. The van der Waals surface area contributed by atoms with Crippen molar-refractivity contribution in [2.45, 2.75) is 25.7 Å². The lowest BCUT2D eigenvalue weighted by molar-refractivity contribution is 0.255. The quantitative estimate of drug-likeness (QED) is 0.312. The Morgan fingerprint density at radius 1 is 0.914 bits per heavy atom. The molecule has 5 aromatic rings. The predicted molar refractivity (Wildman–Crippen MR) is 142 cm³/mol. The summed E-state index contributed by atoms with van der Waals surface area (Å²) in [6.07, 6.45) is 6.57. The van der Waals surface area contributed by atoms with Crippen LogP contribution < -0.4 is 4.74 Å². The van der Waals surface area contributed by atoms with Crippen molar-refractivity contribution in [1.82, 2.24) is 19.3 Å². The van der Waals surface area contributed by atoms with Gasteiger partial charge in [0, 0.05) is 22.8 Å². The van der Waals surface area contributed by atoms with Crippen molar-refractivity contribution in [1.29, 1.82) is 0 Å². The van der Waals surface area contributed by atoms with Crippen molar-refractivity contribution in [3.05, 3.63) is 84.3 Å². The van der Waals surface area contributed by atoms with Crippen molar-refractivity contribution in [2.75, 3.05) is 27.2 Å². The SMILES string of the molecule is COc1ccc2nc(C)cc(-c3cnc4cc(-c5ccc(C6CCN(C)CC6)cc5)ccn34)c2c1. The Hall–Kier alpha value is -3.70. The molecule has 35 heavy (non-hydrogen) atoms. The maximum Gasteiger partial charge on any atom is 0.137 e. The first-order valence-electron chi connectivity index (χ1n) is 12.3. The molecule has 4 heterocycles. The standard InChI is InChI=1S/C30H30N4O/c1-20-16-27(26-18-25(35-3)8-9-28(26)32-20)29-19-31-30-17-24(12-15-34(29)30)22-6-4-21(5-7-22)23-10-13-33(2)14-11-23/h4-9,12,15-19,23H,10-11,13-14H2,1-3H3. The number of hydrogen-bond donors (Lipinski definition) is 0. The van der Waals surface area contributed by atoms with Gasteiger partial charge in [-0.15, -0.1) is 0 Å². The van der Waals surface area contributed by atoms with E-state index in [4.69, 9.17) is 14.7 Å². The van der Waals surface area contributed by atoms with Gasteiger partial charge in [0.25, 0.3) is 0 Å². The van der Waals surface area contributed by atoms with Crippen molar-refractivity contribution in [2.24, 2.45) is 0 Å². The van der Waals surface area contributed by atoms with E-state index < -0.39 is 0 Å². The zero-order chi connectivity index (χ0) is 23.9. The van der Waals surface area contributed by atoms with Crippen LogP contribution in [0.15, 0.2) is 73.1 Å². The molecule has 0 saturated carbocycles. The number of methoxy groups -OCH3 is 1. The van der Waals surface area contributed by atoms with Crippen LogP contribution in [0.2, 0.25) is 0 Å². The molecule has 2 aromatic carbocycles. The highest BCUT2D eigenvalue weighted by atomic mass is 16.5. The number of rotatable bonds is 4. The summed E-state index contributed by atoms with van der Waals surface area (Å²) >= 11 is 0. The first kappa shape index (κ1) is 21.8. The van der Waals surface area contributed by atoms with Gasteiger partial charge in [-0.2, -0.15) is 0 Å². The maximum atomic E-state index is 5.48. The van der Waals surface area contributed by atoms with Gasteiger partial charge in [-0.05, 0) is 98.9 Å². The van der Waals surface area contributed by atoms with Gasteiger partial charge in [-0.25, -0.2) is 4.98 Å². The second-order valence-electron chi connectivity index (χ2n) is 9.68. The summed E-state index contributed by atoms with van der Waals surface area (Å²) in [5, 5.41) is 1.06. The Balaban J connectivity index is 1.35.